The molecule has 5 heteroatoms. The van der Waals surface area contributed by atoms with Gasteiger partial charge >= 0.3 is 0 Å². The number of halogens is 3. The van der Waals surface area contributed by atoms with Gasteiger partial charge in [0.15, 0.2) is 17.5 Å². The van der Waals surface area contributed by atoms with Gasteiger partial charge in [0.05, 0.1) is 5.69 Å². The number of pyridine rings is 1. The lowest BCUT2D eigenvalue weighted by molar-refractivity contribution is 0.449. The van der Waals surface area contributed by atoms with E-state index in [1.165, 1.54) is 0 Å². The molecule has 0 amide bonds. The molecule has 0 bridgehead atoms. The van der Waals surface area contributed by atoms with E-state index in [4.69, 9.17) is 0 Å². The van der Waals surface area contributed by atoms with Crippen LogP contribution >= 0.6 is 0 Å². The third-order valence-corrected chi connectivity index (χ3v) is 2.27. The van der Waals surface area contributed by atoms with E-state index < -0.39 is 17.5 Å². The Kier molecular flexibility index (Phi) is 3.27. The summed E-state index contributed by atoms with van der Waals surface area (Å²) in [6.07, 6.45) is 3.19. The topological polar surface area (TPSA) is 24.9 Å². The first-order valence-electron chi connectivity index (χ1n) is 4.95. The molecule has 0 atom stereocenters. The Morgan fingerprint density at radius 3 is 2.35 bits per heavy atom. The number of hydrogen-bond donors (Lipinski definition) is 1. The highest BCUT2D eigenvalue weighted by molar-refractivity contribution is 5.45. The van der Waals surface area contributed by atoms with E-state index in [1.54, 1.807) is 24.5 Å². The number of nitrogens with one attached hydrogen (secondary N) is 1. The van der Waals surface area contributed by atoms with Crippen LogP contribution in [0.3, 0.4) is 0 Å². The van der Waals surface area contributed by atoms with Crippen molar-refractivity contribution in [2.45, 2.75) is 6.54 Å². The summed E-state index contributed by atoms with van der Waals surface area (Å²) in [6, 6.07) is 5.53. The molecule has 88 valence electrons. The molecule has 1 aromatic heterocycles. The van der Waals surface area contributed by atoms with Gasteiger partial charge in [-0.2, -0.15) is 0 Å². The molecular formula is C12H9F3N2. The average Bonchev–Trinajstić information content (AvgIpc) is 2.36. The smallest absolute Gasteiger partial charge is 0.196 e. The van der Waals surface area contributed by atoms with Crippen molar-refractivity contribution in [2.24, 2.45) is 0 Å². The Bertz CT molecular complexity index is 515. The molecule has 0 aliphatic carbocycles. The van der Waals surface area contributed by atoms with Crippen LogP contribution in [-0.4, -0.2) is 4.98 Å². The van der Waals surface area contributed by atoms with Crippen molar-refractivity contribution in [3.8, 4) is 0 Å². The van der Waals surface area contributed by atoms with E-state index >= 15 is 0 Å². The molecule has 0 aliphatic rings. The first-order chi connectivity index (χ1) is 8.18. The summed E-state index contributed by atoms with van der Waals surface area (Å²) in [5, 5.41) is 2.69. The van der Waals surface area contributed by atoms with Crippen molar-refractivity contribution in [2.75, 3.05) is 5.32 Å². The molecule has 17 heavy (non-hydrogen) atoms. The van der Waals surface area contributed by atoms with E-state index in [0.717, 1.165) is 17.7 Å². The van der Waals surface area contributed by atoms with E-state index in [-0.39, 0.29) is 5.69 Å². The summed E-state index contributed by atoms with van der Waals surface area (Å²) in [7, 11) is 0. The minimum atomic E-state index is -1.47. The third kappa shape index (κ3) is 2.55. The molecule has 0 aliphatic heterocycles. The summed E-state index contributed by atoms with van der Waals surface area (Å²) < 4.78 is 38.9. The highest BCUT2D eigenvalue weighted by Crippen LogP contribution is 2.20. The molecule has 0 saturated heterocycles. The fourth-order valence-electron chi connectivity index (χ4n) is 1.36. The SMILES string of the molecule is Fc1ccc(NCc2ccncc2)c(F)c1F. The van der Waals surface area contributed by atoms with Crippen LogP contribution in [0, 0.1) is 17.5 Å². The van der Waals surface area contributed by atoms with Gasteiger partial charge in [0.1, 0.15) is 0 Å². The number of nitrogens with zero attached hydrogens (tertiary/aromatic N) is 1. The Labute approximate surface area is 96.1 Å². The maximum absolute atomic E-state index is 13.3. The van der Waals surface area contributed by atoms with Crippen LogP contribution in [0.5, 0.6) is 0 Å². The predicted molar refractivity (Wildman–Crippen MR) is 57.9 cm³/mol. The van der Waals surface area contributed by atoms with Crippen molar-refractivity contribution in [3.05, 3.63) is 59.7 Å². The minimum absolute atomic E-state index is 0.0688. The monoisotopic (exact) mass is 238 g/mol. The zero-order chi connectivity index (χ0) is 12.3. The van der Waals surface area contributed by atoms with Gasteiger partial charge in [0.2, 0.25) is 0 Å². The largest absolute Gasteiger partial charge is 0.379 e. The van der Waals surface area contributed by atoms with Gasteiger partial charge in [-0.1, -0.05) is 0 Å². The standard InChI is InChI=1S/C12H9F3N2/c13-9-1-2-10(12(15)11(9)14)17-7-8-3-5-16-6-4-8/h1-6,17H,7H2. The number of hydrogen-bond acceptors (Lipinski definition) is 2. The molecule has 0 spiro atoms. The van der Waals surface area contributed by atoms with Crippen LogP contribution < -0.4 is 5.32 Å². The van der Waals surface area contributed by atoms with Gasteiger partial charge < -0.3 is 5.32 Å². The third-order valence-electron chi connectivity index (χ3n) is 2.27. The predicted octanol–water partition coefficient (Wildman–Crippen LogP) is 3.11. The molecule has 1 aromatic carbocycles. The van der Waals surface area contributed by atoms with Crippen molar-refractivity contribution >= 4 is 5.69 Å². The van der Waals surface area contributed by atoms with Crippen LogP contribution in [0.4, 0.5) is 18.9 Å². The Morgan fingerprint density at radius 1 is 0.941 bits per heavy atom. The first-order valence-corrected chi connectivity index (χ1v) is 4.95. The molecule has 1 heterocycles. The van der Waals surface area contributed by atoms with Crippen LogP contribution in [0.15, 0.2) is 36.7 Å². The second kappa shape index (κ2) is 4.86. The minimum Gasteiger partial charge on any atom is -0.379 e. The lowest BCUT2D eigenvalue weighted by Gasteiger charge is -2.08. The molecule has 2 aromatic rings. The summed E-state index contributed by atoms with van der Waals surface area (Å²) in [5.74, 6) is -3.87. The van der Waals surface area contributed by atoms with E-state index in [0.29, 0.717) is 6.54 Å². The Balaban J connectivity index is 2.13. The fourth-order valence-corrected chi connectivity index (χ4v) is 1.36. The molecular weight excluding hydrogens is 229 g/mol. The number of rotatable bonds is 3. The molecule has 1 N–H and O–H groups in total. The van der Waals surface area contributed by atoms with Crippen molar-refractivity contribution in [1.29, 1.82) is 0 Å². The normalized spacial score (nSPS) is 10.3. The zero-order valence-corrected chi connectivity index (χ0v) is 8.75. The van der Waals surface area contributed by atoms with Crippen LogP contribution in [-0.2, 0) is 6.54 Å². The average molecular weight is 238 g/mol. The van der Waals surface area contributed by atoms with E-state index in [9.17, 15) is 13.2 Å². The fraction of sp³-hybridized carbons (Fsp3) is 0.0833. The Morgan fingerprint density at radius 2 is 1.65 bits per heavy atom. The van der Waals surface area contributed by atoms with Crippen molar-refractivity contribution < 1.29 is 13.2 Å². The molecule has 0 fully saturated rings. The van der Waals surface area contributed by atoms with Gasteiger partial charge in [0, 0.05) is 18.9 Å². The molecule has 0 unspecified atom stereocenters. The first kappa shape index (κ1) is 11.4. The van der Waals surface area contributed by atoms with Crippen molar-refractivity contribution in [3.63, 3.8) is 0 Å². The summed E-state index contributed by atoms with van der Waals surface area (Å²) in [6.45, 7) is 0.310. The van der Waals surface area contributed by atoms with E-state index in [1.807, 2.05) is 0 Å². The second-order valence-corrected chi connectivity index (χ2v) is 3.43. The number of anilines is 1. The maximum atomic E-state index is 13.3. The molecule has 2 rings (SSSR count). The molecule has 0 saturated carbocycles. The quantitative estimate of drug-likeness (QED) is 0.831. The van der Waals surface area contributed by atoms with Crippen LogP contribution in [0.1, 0.15) is 5.56 Å². The lowest BCUT2D eigenvalue weighted by atomic mass is 10.2. The summed E-state index contributed by atoms with van der Waals surface area (Å²) in [4.78, 5) is 3.83. The summed E-state index contributed by atoms with van der Waals surface area (Å²) >= 11 is 0. The van der Waals surface area contributed by atoms with E-state index in [2.05, 4.69) is 10.3 Å². The maximum Gasteiger partial charge on any atom is 0.196 e. The highest BCUT2D eigenvalue weighted by atomic mass is 19.2. The van der Waals surface area contributed by atoms with Gasteiger partial charge in [-0.15, -0.1) is 0 Å². The van der Waals surface area contributed by atoms with Gasteiger partial charge in [0.25, 0.3) is 0 Å². The zero-order valence-electron chi connectivity index (χ0n) is 8.75. The summed E-state index contributed by atoms with van der Waals surface area (Å²) in [5.41, 5.74) is 0.796. The molecule has 0 radical (unpaired) electrons. The molecule has 2 nitrogen and oxygen atoms in total. The number of benzene rings is 1. The Hall–Kier alpha value is -2.04. The highest BCUT2D eigenvalue weighted by Gasteiger charge is 2.12. The van der Waals surface area contributed by atoms with Crippen molar-refractivity contribution in [1.82, 2.24) is 4.98 Å². The lowest BCUT2D eigenvalue weighted by Crippen LogP contribution is -2.03. The van der Waals surface area contributed by atoms with Crippen LogP contribution in [0.25, 0.3) is 0 Å². The second-order valence-electron chi connectivity index (χ2n) is 3.43. The van der Waals surface area contributed by atoms with Gasteiger partial charge in [-0.25, -0.2) is 13.2 Å². The van der Waals surface area contributed by atoms with Gasteiger partial charge in [-0.3, -0.25) is 4.98 Å². The number of aromatic nitrogens is 1. The van der Waals surface area contributed by atoms with Gasteiger partial charge in [-0.05, 0) is 29.8 Å². The van der Waals surface area contributed by atoms with Crippen LogP contribution in [0.2, 0.25) is 0 Å².